The zero-order valence-electron chi connectivity index (χ0n) is 11.2. The first-order valence-corrected chi connectivity index (χ1v) is 6.81. The van der Waals surface area contributed by atoms with Gasteiger partial charge in [-0.25, -0.2) is 0 Å². The van der Waals surface area contributed by atoms with Gasteiger partial charge in [0.1, 0.15) is 6.04 Å². The van der Waals surface area contributed by atoms with Gasteiger partial charge in [-0.05, 0) is 24.6 Å². The summed E-state index contributed by atoms with van der Waals surface area (Å²) in [5.74, 6) is -0.519. The van der Waals surface area contributed by atoms with Crippen LogP contribution in [-0.2, 0) is 20.7 Å². The fourth-order valence-corrected chi connectivity index (χ4v) is 2.12. The van der Waals surface area contributed by atoms with Crippen LogP contribution in [0.1, 0.15) is 12.5 Å². The Morgan fingerprint density at radius 2 is 2.15 bits per heavy atom. The minimum Gasteiger partial charge on any atom is -0.468 e. The van der Waals surface area contributed by atoms with E-state index >= 15 is 0 Å². The summed E-state index contributed by atoms with van der Waals surface area (Å²) in [5, 5.41) is 13.1. The highest BCUT2D eigenvalue weighted by atomic mass is 35.5. The third-order valence-corrected chi connectivity index (χ3v) is 3.18. The SMILES string of the molecule is CCOC(O)NC(Cc1ccc(Cl)cc1Cl)C(=O)OC. The summed E-state index contributed by atoms with van der Waals surface area (Å²) in [6.45, 7) is 2.04. The number of benzene rings is 1. The average molecular weight is 322 g/mol. The van der Waals surface area contributed by atoms with E-state index in [0.29, 0.717) is 22.2 Å². The van der Waals surface area contributed by atoms with Crippen molar-refractivity contribution in [2.24, 2.45) is 0 Å². The number of halogens is 2. The lowest BCUT2D eigenvalue weighted by atomic mass is 10.1. The normalized spacial score (nSPS) is 13.8. The Morgan fingerprint density at radius 3 is 2.70 bits per heavy atom. The second kappa shape index (κ2) is 8.44. The molecule has 7 heteroatoms. The van der Waals surface area contributed by atoms with E-state index in [0.717, 1.165) is 0 Å². The molecular weight excluding hydrogens is 305 g/mol. The third-order valence-electron chi connectivity index (χ3n) is 2.59. The van der Waals surface area contributed by atoms with Crippen LogP contribution in [0.5, 0.6) is 0 Å². The molecule has 1 rings (SSSR count). The highest BCUT2D eigenvalue weighted by Crippen LogP contribution is 2.22. The van der Waals surface area contributed by atoms with Gasteiger partial charge in [0.2, 0.25) is 6.41 Å². The number of hydrogen-bond acceptors (Lipinski definition) is 5. The van der Waals surface area contributed by atoms with E-state index in [1.54, 1.807) is 25.1 Å². The third kappa shape index (κ3) is 5.26. The van der Waals surface area contributed by atoms with Gasteiger partial charge in [0.05, 0.1) is 7.11 Å². The van der Waals surface area contributed by atoms with Gasteiger partial charge in [-0.2, -0.15) is 0 Å². The molecule has 0 fully saturated rings. The Kier molecular flexibility index (Phi) is 7.26. The summed E-state index contributed by atoms with van der Waals surface area (Å²) in [5.41, 5.74) is 0.711. The minimum absolute atomic E-state index is 0.243. The first-order chi connectivity index (χ1) is 9.47. The fraction of sp³-hybridized carbons (Fsp3) is 0.462. The van der Waals surface area contributed by atoms with E-state index in [1.165, 1.54) is 7.11 Å². The molecule has 0 amide bonds. The molecule has 0 spiro atoms. The maximum atomic E-state index is 11.7. The fourth-order valence-electron chi connectivity index (χ4n) is 1.64. The standard InChI is InChI=1S/C13H17Cl2NO4/c1-3-20-13(18)16-11(12(17)19-2)6-8-4-5-9(14)7-10(8)15/h4-5,7,11,13,16,18H,3,6H2,1-2H3. The number of rotatable bonds is 7. The Hall–Kier alpha value is -0.850. The lowest BCUT2D eigenvalue weighted by Crippen LogP contribution is -2.46. The van der Waals surface area contributed by atoms with Crippen molar-refractivity contribution < 1.29 is 19.4 Å². The van der Waals surface area contributed by atoms with Crippen molar-refractivity contribution in [2.75, 3.05) is 13.7 Å². The molecule has 5 nitrogen and oxygen atoms in total. The molecule has 2 N–H and O–H groups in total. The number of ether oxygens (including phenoxy) is 2. The number of methoxy groups -OCH3 is 1. The molecular formula is C13H17Cl2NO4. The second-order valence-corrected chi connectivity index (χ2v) is 4.83. The number of carbonyl (C=O) groups excluding carboxylic acids is 1. The quantitative estimate of drug-likeness (QED) is 0.593. The molecule has 0 saturated heterocycles. The van der Waals surface area contributed by atoms with Crippen LogP contribution in [0.15, 0.2) is 18.2 Å². The highest BCUT2D eigenvalue weighted by Gasteiger charge is 2.23. The van der Waals surface area contributed by atoms with Crippen LogP contribution in [-0.4, -0.2) is 37.2 Å². The lowest BCUT2D eigenvalue weighted by molar-refractivity contribution is -0.153. The predicted octanol–water partition coefficient (Wildman–Crippen LogP) is 1.98. The Bertz CT molecular complexity index is 456. The Balaban J connectivity index is 2.81. The van der Waals surface area contributed by atoms with E-state index in [2.05, 4.69) is 10.1 Å². The van der Waals surface area contributed by atoms with Gasteiger partial charge >= 0.3 is 5.97 Å². The second-order valence-electron chi connectivity index (χ2n) is 3.99. The van der Waals surface area contributed by atoms with Crippen LogP contribution >= 0.6 is 23.2 Å². The van der Waals surface area contributed by atoms with Crippen molar-refractivity contribution in [2.45, 2.75) is 25.8 Å². The van der Waals surface area contributed by atoms with E-state index in [-0.39, 0.29) is 6.42 Å². The number of aliphatic hydroxyl groups excluding tert-OH is 1. The molecule has 20 heavy (non-hydrogen) atoms. The van der Waals surface area contributed by atoms with Gasteiger partial charge in [0, 0.05) is 23.1 Å². The maximum Gasteiger partial charge on any atom is 0.323 e. The Labute approximate surface area is 127 Å². The summed E-state index contributed by atoms with van der Waals surface area (Å²) < 4.78 is 9.63. The largest absolute Gasteiger partial charge is 0.468 e. The number of carbonyl (C=O) groups is 1. The molecule has 1 aromatic carbocycles. The van der Waals surface area contributed by atoms with Gasteiger partial charge in [-0.1, -0.05) is 29.3 Å². The van der Waals surface area contributed by atoms with Crippen molar-refractivity contribution in [1.29, 1.82) is 0 Å². The smallest absolute Gasteiger partial charge is 0.323 e. The minimum atomic E-state index is -1.25. The van der Waals surface area contributed by atoms with Crippen LogP contribution in [0.2, 0.25) is 10.0 Å². The van der Waals surface area contributed by atoms with Crippen LogP contribution in [0.3, 0.4) is 0 Å². The number of nitrogens with one attached hydrogen (secondary N) is 1. The number of esters is 1. The van der Waals surface area contributed by atoms with Crippen molar-refractivity contribution in [1.82, 2.24) is 5.32 Å². The molecule has 0 aromatic heterocycles. The van der Waals surface area contributed by atoms with Gasteiger partial charge in [-0.3, -0.25) is 10.1 Å². The molecule has 0 radical (unpaired) electrons. The zero-order valence-corrected chi connectivity index (χ0v) is 12.7. The molecule has 0 heterocycles. The molecule has 0 aliphatic rings. The van der Waals surface area contributed by atoms with E-state index in [9.17, 15) is 9.90 Å². The van der Waals surface area contributed by atoms with Crippen molar-refractivity contribution in [3.05, 3.63) is 33.8 Å². The summed E-state index contributed by atoms with van der Waals surface area (Å²) in [6, 6.07) is 4.21. The summed E-state index contributed by atoms with van der Waals surface area (Å²) >= 11 is 11.9. The molecule has 1 aromatic rings. The average Bonchev–Trinajstić information content (AvgIpc) is 2.40. The van der Waals surface area contributed by atoms with Gasteiger partial charge in [-0.15, -0.1) is 0 Å². The summed E-state index contributed by atoms with van der Waals surface area (Å²) in [4.78, 5) is 11.7. The van der Waals surface area contributed by atoms with Crippen LogP contribution in [0.25, 0.3) is 0 Å². The first-order valence-electron chi connectivity index (χ1n) is 6.05. The van der Waals surface area contributed by atoms with E-state index in [1.807, 2.05) is 0 Å². The van der Waals surface area contributed by atoms with Crippen molar-refractivity contribution >= 4 is 29.2 Å². The number of hydrogen-bond donors (Lipinski definition) is 2. The molecule has 2 atom stereocenters. The summed E-state index contributed by atoms with van der Waals surface area (Å²) in [7, 11) is 1.27. The lowest BCUT2D eigenvalue weighted by Gasteiger charge is -2.20. The Morgan fingerprint density at radius 1 is 1.45 bits per heavy atom. The topological polar surface area (TPSA) is 67.8 Å². The first kappa shape index (κ1) is 17.2. The van der Waals surface area contributed by atoms with Gasteiger partial charge in [0.15, 0.2) is 0 Å². The molecule has 0 bridgehead atoms. The molecule has 112 valence electrons. The van der Waals surface area contributed by atoms with Crippen molar-refractivity contribution in [3.63, 3.8) is 0 Å². The van der Waals surface area contributed by atoms with Gasteiger partial charge < -0.3 is 14.6 Å². The predicted molar refractivity (Wildman–Crippen MR) is 76.7 cm³/mol. The summed E-state index contributed by atoms with van der Waals surface area (Å²) in [6.07, 6.45) is -1.01. The molecule has 0 saturated carbocycles. The molecule has 0 aliphatic carbocycles. The van der Waals surface area contributed by atoms with E-state index < -0.39 is 18.4 Å². The van der Waals surface area contributed by atoms with E-state index in [4.69, 9.17) is 27.9 Å². The molecule has 2 unspecified atom stereocenters. The monoisotopic (exact) mass is 321 g/mol. The maximum absolute atomic E-state index is 11.7. The van der Waals surface area contributed by atoms with Crippen molar-refractivity contribution in [3.8, 4) is 0 Å². The van der Waals surface area contributed by atoms with Crippen LogP contribution in [0.4, 0.5) is 0 Å². The molecule has 0 aliphatic heterocycles. The van der Waals surface area contributed by atoms with Crippen LogP contribution < -0.4 is 5.32 Å². The zero-order chi connectivity index (χ0) is 15.1. The van der Waals surface area contributed by atoms with Gasteiger partial charge in [0.25, 0.3) is 0 Å². The highest BCUT2D eigenvalue weighted by molar-refractivity contribution is 6.35. The van der Waals surface area contributed by atoms with Crippen LogP contribution in [0, 0.1) is 0 Å². The number of aliphatic hydroxyl groups is 1.